The van der Waals surface area contributed by atoms with Crippen LogP contribution in [0.2, 0.25) is 0 Å². The summed E-state index contributed by atoms with van der Waals surface area (Å²) in [5.74, 6) is 0. The second-order valence-electron chi connectivity index (χ2n) is 5.15. The Morgan fingerprint density at radius 2 is 2.16 bits per heavy atom. The van der Waals surface area contributed by atoms with Crippen molar-refractivity contribution in [2.45, 2.75) is 39.2 Å². The molecule has 0 fully saturated rings. The summed E-state index contributed by atoms with van der Waals surface area (Å²) in [6.45, 7) is 5.83. The Morgan fingerprint density at radius 1 is 1.37 bits per heavy atom. The summed E-state index contributed by atoms with van der Waals surface area (Å²) >= 11 is 0. The molecule has 0 aliphatic carbocycles. The Labute approximate surface area is 113 Å². The smallest absolute Gasteiger partial charge is 0.255 e. The number of hydrogen-bond acceptors (Lipinski definition) is 2. The van der Waals surface area contributed by atoms with Gasteiger partial charge in [-0.3, -0.25) is 0 Å². The van der Waals surface area contributed by atoms with E-state index in [2.05, 4.69) is 31.3 Å². The number of anilines is 1. The number of hydrogen-bond donors (Lipinski definition) is 1. The van der Waals surface area contributed by atoms with Gasteiger partial charge in [0.25, 0.3) is 6.43 Å². The van der Waals surface area contributed by atoms with Gasteiger partial charge in [0, 0.05) is 18.3 Å². The molecule has 0 amide bonds. The van der Waals surface area contributed by atoms with Crippen LogP contribution < -0.4 is 10.2 Å². The Morgan fingerprint density at radius 3 is 2.84 bits per heavy atom. The van der Waals surface area contributed by atoms with Crippen molar-refractivity contribution < 1.29 is 8.78 Å². The lowest BCUT2D eigenvalue weighted by Gasteiger charge is -2.20. The molecule has 2 nitrogen and oxygen atoms in total. The fourth-order valence-electron chi connectivity index (χ4n) is 2.59. The van der Waals surface area contributed by atoms with E-state index >= 15 is 0 Å². The van der Waals surface area contributed by atoms with Gasteiger partial charge in [-0.2, -0.15) is 0 Å². The van der Waals surface area contributed by atoms with Gasteiger partial charge in [0.05, 0.1) is 6.54 Å². The first kappa shape index (κ1) is 14.3. The van der Waals surface area contributed by atoms with Crippen molar-refractivity contribution in [3.63, 3.8) is 0 Å². The SMILES string of the molecule is CCCNC(C)c1ccc2c(c1)CCN2CC(F)F. The first-order chi connectivity index (χ1) is 9.11. The molecule has 0 saturated carbocycles. The molecule has 1 aromatic carbocycles. The van der Waals surface area contributed by atoms with Crippen molar-refractivity contribution in [3.8, 4) is 0 Å². The highest BCUT2D eigenvalue weighted by Gasteiger charge is 2.22. The molecule has 0 spiro atoms. The molecular weight excluding hydrogens is 246 g/mol. The van der Waals surface area contributed by atoms with Gasteiger partial charge < -0.3 is 10.2 Å². The van der Waals surface area contributed by atoms with Crippen LogP contribution in [-0.4, -0.2) is 26.1 Å². The number of fused-ring (bicyclic) bond motifs is 1. The summed E-state index contributed by atoms with van der Waals surface area (Å²) < 4.78 is 25.0. The van der Waals surface area contributed by atoms with E-state index < -0.39 is 6.43 Å². The molecule has 106 valence electrons. The molecule has 1 atom stereocenters. The lowest BCUT2D eigenvalue weighted by atomic mass is 10.0. The highest BCUT2D eigenvalue weighted by molar-refractivity contribution is 5.59. The average molecular weight is 268 g/mol. The number of nitrogens with zero attached hydrogens (tertiary/aromatic N) is 1. The molecule has 2 rings (SSSR count). The highest BCUT2D eigenvalue weighted by Crippen LogP contribution is 2.30. The maximum absolute atomic E-state index is 12.5. The van der Waals surface area contributed by atoms with E-state index in [9.17, 15) is 8.78 Å². The zero-order chi connectivity index (χ0) is 13.8. The molecule has 0 radical (unpaired) electrons. The summed E-state index contributed by atoms with van der Waals surface area (Å²) in [7, 11) is 0. The molecule has 19 heavy (non-hydrogen) atoms. The van der Waals surface area contributed by atoms with Crippen LogP contribution in [0.15, 0.2) is 18.2 Å². The maximum atomic E-state index is 12.5. The van der Waals surface area contributed by atoms with E-state index in [1.807, 2.05) is 6.07 Å². The molecule has 4 heteroatoms. The second-order valence-corrected chi connectivity index (χ2v) is 5.15. The van der Waals surface area contributed by atoms with Crippen molar-refractivity contribution in [2.75, 3.05) is 24.5 Å². The molecule has 0 aromatic heterocycles. The van der Waals surface area contributed by atoms with E-state index in [1.54, 1.807) is 4.90 Å². The zero-order valence-electron chi connectivity index (χ0n) is 11.6. The number of nitrogens with one attached hydrogen (secondary N) is 1. The van der Waals surface area contributed by atoms with Gasteiger partial charge in [0.1, 0.15) is 0 Å². The molecule has 1 aromatic rings. The molecule has 1 aliphatic heterocycles. The molecule has 0 saturated heterocycles. The first-order valence-electron chi connectivity index (χ1n) is 7.01. The zero-order valence-corrected chi connectivity index (χ0v) is 11.6. The van der Waals surface area contributed by atoms with Crippen molar-refractivity contribution in [2.24, 2.45) is 0 Å². The lowest BCUT2D eigenvalue weighted by Crippen LogP contribution is -2.26. The minimum absolute atomic E-state index is 0.157. The fraction of sp³-hybridized carbons (Fsp3) is 0.600. The summed E-state index contributed by atoms with van der Waals surface area (Å²) in [4.78, 5) is 1.79. The minimum atomic E-state index is -2.27. The standard InChI is InChI=1S/C15H22F2N2/c1-3-7-18-11(2)12-4-5-14-13(9-12)6-8-19(14)10-15(16)17/h4-5,9,11,15,18H,3,6-8,10H2,1-2H3. The van der Waals surface area contributed by atoms with Gasteiger partial charge in [0.2, 0.25) is 0 Å². The number of halogens is 2. The number of alkyl halides is 2. The van der Waals surface area contributed by atoms with Crippen LogP contribution in [0.3, 0.4) is 0 Å². The lowest BCUT2D eigenvalue weighted by molar-refractivity contribution is 0.155. The highest BCUT2D eigenvalue weighted by atomic mass is 19.3. The third-order valence-electron chi connectivity index (χ3n) is 3.65. The van der Waals surface area contributed by atoms with Crippen molar-refractivity contribution >= 4 is 5.69 Å². The van der Waals surface area contributed by atoms with Gasteiger partial charge in [-0.15, -0.1) is 0 Å². The molecule has 1 unspecified atom stereocenters. The van der Waals surface area contributed by atoms with E-state index in [4.69, 9.17) is 0 Å². The van der Waals surface area contributed by atoms with E-state index in [1.165, 1.54) is 11.1 Å². The fourth-order valence-corrected chi connectivity index (χ4v) is 2.59. The Bertz CT molecular complexity index is 421. The van der Waals surface area contributed by atoms with Gasteiger partial charge >= 0.3 is 0 Å². The van der Waals surface area contributed by atoms with Crippen LogP contribution in [-0.2, 0) is 6.42 Å². The van der Waals surface area contributed by atoms with Crippen LogP contribution in [0.5, 0.6) is 0 Å². The van der Waals surface area contributed by atoms with Crippen LogP contribution in [0.25, 0.3) is 0 Å². The van der Waals surface area contributed by atoms with Gasteiger partial charge in [-0.05, 0) is 43.5 Å². The normalized spacial score (nSPS) is 15.9. The van der Waals surface area contributed by atoms with Crippen molar-refractivity contribution in [1.82, 2.24) is 5.32 Å². The third kappa shape index (κ3) is 3.44. The summed E-state index contributed by atoms with van der Waals surface area (Å²) in [6.07, 6.45) is -0.288. The monoisotopic (exact) mass is 268 g/mol. The summed E-state index contributed by atoms with van der Waals surface area (Å²) in [5.41, 5.74) is 3.42. The predicted octanol–water partition coefficient (Wildman–Crippen LogP) is 3.37. The third-order valence-corrected chi connectivity index (χ3v) is 3.65. The number of benzene rings is 1. The summed E-state index contributed by atoms with van der Waals surface area (Å²) in [5, 5.41) is 3.45. The Kier molecular flexibility index (Phi) is 4.75. The van der Waals surface area contributed by atoms with Gasteiger partial charge in [-0.25, -0.2) is 8.78 Å². The predicted molar refractivity (Wildman–Crippen MR) is 75.1 cm³/mol. The Balaban J connectivity index is 2.08. The quantitative estimate of drug-likeness (QED) is 0.851. The molecule has 1 heterocycles. The molecule has 1 aliphatic rings. The molecule has 1 N–H and O–H groups in total. The van der Waals surface area contributed by atoms with E-state index in [0.717, 1.165) is 25.1 Å². The Hall–Kier alpha value is -1.16. The second kappa shape index (κ2) is 6.33. The van der Waals surface area contributed by atoms with Gasteiger partial charge in [0.15, 0.2) is 0 Å². The molecule has 0 bridgehead atoms. The summed E-state index contributed by atoms with van der Waals surface area (Å²) in [6, 6.07) is 6.52. The van der Waals surface area contributed by atoms with Crippen LogP contribution in [0, 0.1) is 0 Å². The first-order valence-corrected chi connectivity index (χ1v) is 7.01. The van der Waals surface area contributed by atoms with Crippen molar-refractivity contribution in [1.29, 1.82) is 0 Å². The number of rotatable bonds is 6. The van der Waals surface area contributed by atoms with Crippen LogP contribution >= 0.6 is 0 Å². The van der Waals surface area contributed by atoms with Crippen molar-refractivity contribution in [3.05, 3.63) is 29.3 Å². The molecular formula is C15H22F2N2. The largest absolute Gasteiger partial charge is 0.365 e. The van der Waals surface area contributed by atoms with Crippen LogP contribution in [0.1, 0.15) is 37.4 Å². The van der Waals surface area contributed by atoms with E-state index in [-0.39, 0.29) is 6.54 Å². The van der Waals surface area contributed by atoms with E-state index in [0.29, 0.717) is 12.6 Å². The maximum Gasteiger partial charge on any atom is 0.255 e. The minimum Gasteiger partial charge on any atom is -0.365 e. The van der Waals surface area contributed by atoms with Gasteiger partial charge in [-0.1, -0.05) is 19.1 Å². The van der Waals surface area contributed by atoms with Crippen LogP contribution in [0.4, 0.5) is 14.5 Å². The topological polar surface area (TPSA) is 15.3 Å². The average Bonchev–Trinajstić information content (AvgIpc) is 2.77.